The maximum absolute atomic E-state index is 6.11. The molecule has 0 aliphatic heterocycles. The highest BCUT2D eigenvalue weighted by Crippen LogP contribution is 2.29. The maximum atomic E-state index is 6.11. The minimum atomic E-state index is -0.0747. The minimum absolute atomic E-state index is 0.0747. The summed E-state index contributed by atoms with van der Waals surface area (Å²) in [6, 6.07) is 13.4. The molecule has 0 fully saturated rings. The zero-order chi connectivity index (χ0) is 13.8. The Morgan fingerprint density at radius 3 is 2.68 bits per heavy atom. The van der Waals surface area contributed by atoms with E-state index in [2.05, 4.69) is 15.9 Å². The van der Waals surface area contributed by atoms with Gasteiger partial charge in [0.25, 0.3) is 0 Å². The molecule has 0 aromatic heterocycles. The summed E-state index contributed by atoms with van der Waals surface area (Å²) in [7, 11) is 0. The standard InChI is InChI=1S/C15H15BrClNO/c1-10(18)13-7-6-12(16)8-15(13)19-9-11-4-2-3-5-14(11)17/h2-8,10H,9,18H2,1H3/t10-/m0/s1. The topological polar surface area (TPSA) is 35.2 Å². The van der Waals surface area contributed by atoms with Crippen LogP contribution in [0.2, 0.25) is 5.02 Å². The van der Waals surface area contributed by atoms with Crippen LogP contribution in [0.25, 0.3) is 0 Å². The molecule has 0 aliphatic rings. The first-order valence-corrected chi connectivity index (χ1v) is 7.16. The molecule has 0 bridgehead atoms. The molecule has 0 amide bonds. The first-order valence-electron chi connectivity index (χ1n) is 5.99. The Kier molecular flexibility index (Phi) is 4.86. The summed E-state index contributed by atoms with van der Waals surface area (Å²) in [6.07, 6.45) is 0. The highest BCUT2D eigenvalue weighted by molar-refractivity contribution is 9.10. The normalized spacial score (nSPS) is 12.2. The highest BCUT2D eigenvalue weighted by Gasteiger charge is 2.09. The van der Waals surface area contributed by atoms with E-state index in [9.17, 15) is 0 Å². The van der Waals surface area contributed by atoms with Crippen LogP contribution in [0.5, 0.6) is 5.75 Å². The van der Waals surface area contributed by atoms with Crippen LogP contribution in [-0.2, 0) is 6.61 Å². The number of ether oxygens (including phenoxy) is 1. The van der Waals surface area contributed by atoms with Gasteiger partial charge in [0, 0.05) is 26.7 Å². The van der Waals surface area contributed by atoms with Crippen LogP contribution in [0.15, 0.2) is 46.9 Å². The first kappa shape index (κ1) is 14.4. The van der Waals surface area contributed by atoms with E-state index in [1.165, 1.54) is 0 Å². The van der Waals surface area contributed by atoms with Crippen molar-refractivity contribution < 1.29 is 4.74 Å². The van der Waals surface area contributed by atoms with Crippen LogP contribution in [0.1, 0.15) is 24.1 Å². The van der Waals surface area contributed by atoms with Gasteiger partial charge in [0.15, 0.2) is 0 Å². The Morgan fingerprint density at radius 2 is 2.00 bits per heavy atom. The zero-order valence-corrected chi connectivity index (χ0v) is 12.9. The van der Waals surface area contributed by atoms with Crippen LogP contribution < -0.4 is 10.5 Å². The lowest BCUT2D eigenvalue weighted by Crippen LogP contribution is -2.08. The summed E-state index contributed by atoms with van der Waals surface area (Å²) in [6.45, 7) is 2.36. The summed E-state index contributed by atoms with van der Waals surface area (Å²) < 4.78 is 6.82. The molecular formula is C15H15BrClNO. The average molecular weight is 341 g/mol. The smallest absolute Gasteiger partial charge is 0.125 e. The molecule has 1 atom stereocenters. The zero-order valence-electron chi connectivity index (χ0n) is 10.6. The SMILES string of the molecule is C[C@H](N)c1ccc(Br)cc1OCc1ccccc1Cl. The van der Waals surface area contributed by atoms with Crippen LogP contribution in [0.4, 0.5) is 0 Å². The number of rotatable bonds is 4. The van der Waals surface area contributed by atoms with E-state index < -0.39 is 0 Å². The lowest BCUT2D eigenvalue weighted by molar-refractivity contribution is 0.301. The number of benzene rings is 2. The van der Waals surface area contributed by atoms with Gasteiger partial charge in [0.2, 0.25) is 0 Å². The Hall–Kier alpha value is -1.03. The minimum Gasteiger partial charge on any atom is -0.488 e. The van der Waals surface area contributed by atoms with Gasteiger partial charge in [0.1, 0.15) is 12.4 Å². The summed E-state index contributed by atoms with van der Waals surface area (Å²) in [5.74, 6) is 0.782. The summed E-state index contributed by atoms with van der Waals surface area (Å²) in [4.78, 5) is 0. The Morgan fingerprint density at radius 1 is 1.26 bits per heavy atom. The van der Waals surface area contributed by atoms with Gasteiger partial charge in [-0.15, -0.1) is 0 Å². The van der Waals surface area contributed by atoms with Gasteiger partial charge in [-0.3, -0.25) is 0 Å². The monoisotopic (exact) mass is 339 g/mol. The third kappa shape index (κ3) is 3.72. The Bertz CT molecular complexity index is 572. The molecule has 0 heterocycles. The van der Waals surface area contributed by atoms with Crippen LogP contribution in [0.3, 0.4) is 0 Å². The van der Waals surface area contributed by atoms with Gasteiger partial charge in [-0.1, -0.05) is 51.8 Å². The van der Waals surface area contributed by atoms with Crippen molar-refractivity contribution in [1.82, 2.24) is 0 Å². The fourth-order valence-electron chi connectivity index (χ4n) is 1.78. The fraction of sp³-hybridized carbons (Fsp3) is 0.200. The number of hydrogen-bond donors (Lipinski definition) is 1. The van der Waals surface area contributed by atoms with Crippen LogP contribution in [0, 0.1) is 0 Å². The van der Waals surface area contributed by atoms with E-state index in [0.717, 1.165) is 21.3 Å². The van der Waals surface area contributed by atoms with Crippen molar-refractivity contribution >= 4 is 27.5 Å². The van der Waals surface area contributed by atoms with Gasteiger partial charge in [-0.25, -0.2) is 0 Å². The van der Waals surface area contributed by atoms with Crippen molar-refractivity contribution in [3.8, 4) is 5.75 Å². The Balaban J connectivity index is 2.19. The van der Waals surface area contributed by atoms with Crippen molar-refractivity contribution in [2.75, 3.05) is 0 Å². The van der Waals surface area contributed by atoms with E-state index in [0.29, 0.717) is 11.6 Å². The molecule has 0 saturated heterocycles. The quantitative estimate of drug-likeness (QED) is 0.875. The molecule has 100 valence electrons. The molecule has 0 aliphatic carbocycles. The molecule has 2 N–H and O–H groups in total. The maximum Gasteiger partial charge on any atom is 0.125 e. The molecule has 2 rings (SSSR count). The van der Waals surface area contributed by atoms with Crippen LogP contribution >= 0.6 is 27.5 Å². The molecule has 0 unspecified atom stereocenters. The van der Waals surface area contributed by atoms with Crippen molar-refractivity contribution in [1.29, 1.82) is 0 Å². The second-order valence-electron chi connectivity index (χ2n) is 4.35. The molecule has 4 heteroatoms. The van der Waals surface area contributed by atoms with E-state index in [1.54, 1.807) is 0 Å². The molecule has 2 aromatic rings. The second kappa shape index (κ2) is 6.42. The number of nitrogens with two attached hydrogens (primary N) is 1. The van der Waals surface area contributed by atoms with Crippen LogP contribution in [-0.4, -0.2) is 0 Å². The van der Waals surface area contributed by atoms with E-state index in [-0.39, 0.29) is 6.04 Å². The van der Waals surface area contributed by atoms with Gasteiger partial charge < -0.3 is 10.5 Å². The van der Waals surface area contributed by atoms with Crippen molar-refractivity contribution in [2.45, 2.75) is 19.6 Å². The molecule has 2 aromatic carbocycles. The first-order chi connectivity index (χ1) is 9.08. The van der Waals surface area contributed by atoms with E-state index in [1.807, 2.05) is 49.4 Å². The van der Waals surface area contributed by atoms with Gasteiger partial charge in [-0.2, -0.15) is 0 Å². The van der Waals surface area contributed by atoms with Crippen molar-refractivity contribution in [3.63, 3.8) is 0 Å². The van der Waals surface area contributed by atoms with Gasteiger partial charge in [-0.05, 0) is 25.1 Å². The highest BCUT2D eigenvalue weighted by atomic mass is 79.9. The summed E-state index contributed by atoms with van der Waals surface area (Å²) >= 11 is 9.55. The fourth-order valence-corrected chi connectivity index (χ4v) is 2.31. The van der Waals surface area contributed by atoms with Crippen molar-refractivity contribution in [2.24, 2.45) is 5.73 Å². The molecule has 2 nitrogen and oxygen atoms in total. The summed E-state index contributed by atoms with van der Waals surface area (Å²) in [5.41, 5.74) is 7.88. The summed E-state index contributed by atoms with van der Waals surface area (Å²) in [5, 5.41) is 0.708. The predicted octanol–water partition coefficient (Wildman–Crippen LogP) is 4.70. The molecule has 19 heavy (non-hydrogen) atoms. The molecular weight excluding hydrogens is 326 g/mol. The lowest BCUT2D eigenvalue weighted by Gasteiger charge is -2.15. The third-order valence-corrected chi connectivity index (χ3v) is 3.67. The molecule has 0 saturated carbocycles. The van der Waals surface area contributed by atoms with Gasteiger partial charge in [0.05, 0.1) is 0 Å². The van der Waals surface area contributed by atoms with E-state index in [4.69, 9.17) is 22.1 Å². The van der Waals surface area contributed by atoms with E-state index >= 15 is 0 Å². The second-order valence-corrected chi connectivity index (χ2v) is 5.67. The number of halogens is 2. The Labute approximate surface area is 126 Å². The molecule has 0 radical (unpaired) electrons. The average Bonchev–Trinajstić information content (AvgIpc) is 2.37. The number of hydrogen-bond acceptors (Lipinski definition) is 2. The lowest BCUT2D eigenvalue weighted by atomic mass is 10.1. The largest absolute Gasteiger partial charge is 0.488 e. The molecule has 0 spiro atoms. The van der Waals surface area contributed by atoms with Crippen molar-refractivity contribution in [3.05, 3.63) is 63.1 Å². The predicted molar refractivity (Wildman–Crippen MR) is 82.5 cm³/mol. The third-order valence-electron chi connectivity index (χ3n) is 2.81. The van der Waals surface area contributed by atoms with Gasteiger partial charge >= 0.3 is 0 Å².